The fraction of sp³-hybridized carbons (Fsp3) is 0.381. The van der Waals surface area contributed by atoms with Gasteiger partial charge >= 0.3 is 0 Å². The van der Waals surface area contributed by atoms with Gasteiger partial charge in [-0.2, -0.15) is 4.31 Å². The number of carbonyl (C=O) groups is 1. The third-order valence-corrected chi connectivity index (χ3v) is 7.18. The van der Waals surface area contributed by atoms with Gasteiger partial charge in [0.1, 0.15) is 0 Å². The highest BCUT2D eigenvalue weighted by Crippen LogP contribution is 2.24. The minimum absolute atomic E-state index is 0.0119. The van der Waals surface area contributed by atoms with Crippen molar-refractivity contribution in [2.45, 2.75) is 44.6 Å². The van der Waals surface area contributed by atoms with Crippen molar-refractivity contribution in [2.24, 2.45) is 0 Å². The highest BCUT2D eigenvalue weighted by atomic mass is 32.2. The fourth-order valence-electron chi connectivity index (χ4n) is 3.46. The van der Waals surface area contributed by atoms with Gasteiger partial charge in [-0.1, -0.05) is 30.3 Å². The first kappa shape index (κ1) is 19.6. The summed E-state index contributed by atoms with van der Waals surface area (Å²) >= 11 is 0. The largest absolute Gasteiger partial charge is 0.349 e. The number of aryl methyl sites for hydroxylation is 3. The van der Waals surface area contributed by atoms with Crippen molar-refractivity contribution in [1.82, 2.24) is 9.62 Å². The van der Waals surface area contributed by atoms with E-state index in [9.17, 15) is 13.2 Å². The molecule has 0 saturated carbocycles. The normalized spacial score (nSPS) is 16.3. The molecule has 0 radical (unpaired) electrons. The third-order valence-electron chi connectivity index (χ3n) is 5.14. The summed E-state index contributed by atoms with van der Waals surface area (Å²) in [6.07, 6.45) is 1.23. The van der Waals surface area contributed by atoms with Gasteiger partial charge in [-0.3, -0.25) is 4.79 Å². The van der Waals surface area contributed by atoms with Gasteiger partial charge in [0.2, 0.25) is 10.0 Å². The van der Waals surface area contributed by atoms with Crippen LogP contribution in [0.1, 0.15) is 39.9 Å². The smallest absolute Gasteiger partial charge is 0.251 e. The summed E-state index contributed by atoms with van der Waals surface area (Å²) in [4.78, 5) is 12.9. The second-order valence-electron chi connectivity index (χ2n) is 7.24. The Bertz CT molecular complexity index is 946. The number of sulfonamides is 1. The SMILES string of the molecule is Cc1ccc(C)c(S(=O)(=O)N2CCC(NC(=O)c3ccccc3C)CC2)c1. The molecule has 0 bridgehead atoms. The van der Waals surface area contributed by atoms with Crippen LogP contribution in [0.25, 0.3) is 0 Å². The Morgan fingerprint density at radius 3 is 2.33 bits per heavy atom. The number of nitrogens with one attached hydrogen (secondary N) is 1. The van der Waals surface area contributed by atoms with Gasteiger partial charge in [-0.15, -0.1) is 0 Å². The van der Waals surface area contributed by atoms with Gasteiger partial charge in [0.15, 0.2) is 0 Å². The predicted molar refractivity (Wildman–Crippen MR) is 106 cm³/mol. The zero-order chi connectivity index (χ0) is 19.6. The third kappa shape index (κ3) is 4.22. The molecule has 1 N–H and O–H groups in total. The van der Waals surface area contributed by atoms with Gasteiger partial charge in [-0.05, 0) is 62.4 Å². The second kappa shape index (κ2) is 7.82. The maximum absolute atomic E-state index is 13.0. The van der Waals surface area contributed by atoms with Crippen LogP contribution < -0.4 is 5.32 Å². The van der Waals surface area contributed by atoms with Crippen molar-refractivity contribution in [3.63, 3.8) is 0 Å². The molecule has 1 amide bonds. The van der Waals surface area contributed by atoms with Crippen LogP contribution in [-0.2, 0) is 10.0 Å². The van der Waals surface area contributed by atoms with Crippen molar-refractivity contribution in [2.75, 3.05) is 13.1 Å². The van der Waals surface area contributed by atoms with E-state index in [0.29, 0.717) is 36.4 Å². The number of amides is 1. The van der Waals surface area contributed by atoms with Crippen LogP contribution in [0.3, 0.4) is 0 Å². The monoisotopic (exact) mass is 386 g/mol. The number of nitrogens with zero attached hydrogens (tertiary/aromatic N) is 1. The summed E-state index contributed by atoms with van der Waals surface area (Å²) < 4.78 is 27.5. The van der Waals surface area contributed by atoms with E-state index in [0.717, 1.165) is 16.7 Å². The van der Waals surface area contributed by atoms with Crippen molar-refractivity contribution in [3.8, 4) is 0 Å². The Balaban J connectivity index is 1.66. The summed E-state index contributed by atoms with van der Waals surface area (Å²) in [6, 6.07) is 13.0. The molecule has 3 rings (SSSR count). The average molecular weight is 387 g/mol. The zero-order valence-electron chi connectivity index (χ0n) is 16.0. The van der Waals surface area contributed by atoms with Gasteiger partial charge < -0.3 is 5.32 Å². The summed E-state index contributed by atoms with van der Waals surface area (Å²) in [5.74, 6) is -0.0936. The summed E-state index contributed by atoms with van der Waals surface area (Å²) in [7, 11) is -3.51. The molecule has 0 spiro atoms. The first-order valence-electron chi connectivity index (χ1n) is 9.23. The predicted octanol–water partition coefficient (Wildman–Crippen LogP) is 3.19. The lowest BCUT2D eigenvalue weighted by Crippen LogP contribution is -2.46. The molecule has 1 saturated heterocycles. The van der Waals surface area contributed by atoms with E-state index in [1.807, 2.05) is 57.2 Å². The van der Waals surface area contributed by atoms with E-state index < -0.39 is 10.0 Å². The molecule has 5 nitrogen and oxygen atoms in total. The number of rotatable bonds is 4. The molecule has 0 aromatic heterocycles. The minimum atomic E-state index is -3.51. The number of hydrogen-bond acceptors (Lipinski definition) is 3. The number of piperidine rings is 1. The van der Waals surface area contributed by atoms with Gasteiger partial charge in [0.25, 0.3) is 5.91 Å². The van der Waals surface area contributed by atoms with E-state index in [2.05, 4.69) is 5.32 Å². The minimum Gasteiger partial charge on any atom is -0.349 e. The standard InChI is InChI=1S/C21H26N2O3S/c1-15-8-9-17(3)20(14-15)27(25,26)23-12-10-18(11-13-23)22-21(24)19-7-5-4-6-16(19)2/h4-9,14,18H,10-13H2,1-3H3,(H,22,24). The molecule has 1 fully saturated rings. The highest BCUT2D eigenvalue weighted by Gasteiger charge is 2.31. The highest BCUT2D eigenvalue weighted by molar-refractivity contribution is 7.89. The number of hydrogen-bond donors (Lipinski definition) is 1. The quantitative estimate of drug-likeness (QED) is 0.877. The van der Waals surface area contributed by atoms with Crippen molar-refractivity contribution in [1.29, 1.82) is 0 Å². The summed E-state index contributed by atoms with van der Waals surface area (Å²) in [6.45, 7) is 6.45. The molecule has 0 aliphatic carbocycles. The van der Waals surface area contributed by atoms with Crippen LogP contribution in [-0.4, -0.2) is 37.8 Å². The van der Waals surface area contributed by atoms with E-state index in [4.69, 9.17) is 0 Å². The van der Waals surface area contributed by atoms with Crippen LogP contribution in [0, 0.1) is 20.8 Å². The van der Waals surface area contributed by atoms with Crippen LogP contribution >= 0.6 is 0 Å². The van der Waals surface area contributed by atoms with Gasteiger partial charge in [0.05, 0.1) is 4.90 Å². The molecule has 0 unspecified atom stereocenters. The van der Waals surface area contributed by atoms with Gasteiger partial charge in [0, 0.05) is 24.7 Å². The van der Waals surface area contributed by atoms with E-state index in [1.54, 1.807) is 6.07 Å². The van der Waals surface area contributed by atoms with Gasteiger partial charge in [-0.25, -0.2) is 8.42 Å². The Morgan fingerprint density at radius 2 is 1.67 bits per heavy atom. The van der Waals surface area contributed by atoms with Crippen LogP contribution in [0.5, 0.6) is 0 Å². The van der Waals surface area contributed by atoms with Crippen molar-refractivity contribution >= 4 is 15.9 Å². The Labute approximate surface area is 161 Å². The lowest BCUT2D eigenvalue weighted by molar-refractivity contribution is 0.0923. The molecule has 2 aromatic rings. The molecule has 144 valence electrons. The fourth-order valence-corrected chi connectivity index (χ4v) is 5.24. The lowest BCUT2D eigenvalue weighted by atomic mass is 10.0. The molecule has 27 heavy (non-hydrogen) atoms. The molecular weight excluding hydrogens is 360 g/mol. The number of benzene rings is 2. The summed E-state index contributed by atoms with van der Waals surface area (Å²) in [5.41, 5.74) is 3.29. The molecule has 1 aliphatic rings. The Morgan fingerprint density at radius 1 is 1.00 bits per heavy atom. The van der Waals surface area contributed by atoms with Crippen LogP contribution in [0.4, 0.5) is 0 Å². The van der Waals surface area contributed by atoms with E-state index >= 15 is 0 Å². The Hall–Kier alpha value is -2.18. The van der Waals surface area contributed by atoms with Crippen molar-refractivity contribution < 1.29 is 13.2 Å². The second-order valence-corrected chi connectivity index (χ2v) is 9.14. The molecular formula is C21H26N2O3S. The van der Waals surface area contributed by atoms with Crippen LogP contribution in [0.2, 0.25) is 0 Å². The Kier molecular flexibility index (Phi) is 5.67. The first-order valence-corrected chi connectivity index (χ1v) is 10.7. The average Bonchev–Trinajstić information content (AvgIpc) is 2.64. The number of carbonyl (C=O) groups excluding carboxylic acids is 1. The molecule has 1 aliphatic heterocycles. The topological polar surface area (TPSA) is 66.5 Å². The maximum Gasteiger partial charge on any atom is 0.251 e. The van der Waals surface area contributed by atoms with Crippen LogP contribution in [0.15, 0.2) is 47.4 Å². The first-order chi connectivity index (χ1) is 12.8. The molecule has 1 heterocycles. The maximum atomic E-state index is 13.0. The van der Waals surface area contributed by atoms with Crippen molar-refractivity contribution in [3.05, 3.63) is 64.7 Å². The van der Waals surface area contributed by atoms with E-state index in [-0.39, 0.29) is 11.9 Å². The lowest BCUT2D eigenvalue weighted by Gasteiger charge is -2.32. The zero-order valence-corrected chi connectivity index (χ0v) is 16.8. The molecule has 0 atom stereocenters. The molecule has 2 aromatic carbocycles. The molecule has 6 heteroatoms. The van der Waals surface area contributed by atoms with E-state index in [1.165, 1.54) is 4.31 Å². The summed E-state index contributed by atoms with van der Waals surface area (Å²) in [5, 5.41) is 3.05.